The van der Waals surface area contributed by atoms with Gasteiger partial charge < -0.3 is 14.2 Å². The first-order valence-corrected chi connectivity index (χ1v) is 8.59. The Kier molecular flexibility index (Phi) is 5.58. The molecule has 26 heavy (non-hydrogen) atoms. The molecule has 0 saturated carbocycles. The Balaban J connectivity index is 1.59. The van der Waals surface area contributed by atoms with Gasteiger partial charge in [-0.1, -0.05) is 23.7 Å². The number of imidazole rings is 1. The number of rotatable bonds is 6. The number of hydrogen-bond donors (Lipinski definition) is 0. The van der Waals surface area contributed by atoms with Gasteiger partial charge in [-0.15, -0.1) is 0 Å². The average molecular weight is 370 g/mol. The van der Waals surface area contributed by atoms with Crippen molar-refractivity contribution in [2.45, 2.75) is 13.2 Å². The van der Waals surface area contributed by atoms with Crippen LogP contribution in [-0.4, -0.2) is 27.4 Å². The summed E-state index contributed by atoms with van der Waals surface area (Å²) in [5, 5.41) is 0.684. The van der Waals surface area contributed by atoms with E-state index in [0.717, 1.165) is 11.4 Å². The molecule has 6 heteroatoms. The highest BCUT2D eigenvalue weighted by atomic mass is 35.5. The van der Waals surface area contributed by atoms with Crippen LogP contribution in [0.15, 0.2) is 60.9 Å². The van der Waals surface area contributed by atoms with Gasteiger partial charge in [0.2, 0.25) is 0 Å². The van der Waals surface area contributed by atoms with Crippen LogP contribution in [-0.2, 0) is 20.2 Å². The van der Waals surface area contributed by atoms with Gasteiger partial charge in [0.25, 0.3) is 5.91 Å². The molecule has 0 unspecified atom stereocenters. The van der Waals surface area contributed by atoms with Gasteiger partial charge in [-0.25, -0.2) is 4.98 Å². The number of carbonyl (C=O) groups excluding carboxylic acids is 1. The monoisotopic (exact) mass is 369 g/mol. The molecule has 2 aromatic carbocycles. The molecule has 0 aliphatic heterocycles. The summed E-state index contributed by atoms with van der Waals surface area (Å²) >= 11 is 5.89. The number of nitrogens with zero attached hydrogens (tertiary/aromatic N) is 3. The van der Waals surface area contributed by atoms with Crippen molar-refractivity contribution in [3.05, 3.63) is 82.9 Å². The molecule has 0 aliphatic carbocycles. The van der Waals surface area contributed by atoms with E-state index < -0.39 is 0 Å². The number of hydrogen-bond acceptors (Lipinski definition) is 3. The van der Waals surface area contributed by atoms with Crippen LogP contribution in [0.1, 0.15) is 21.7 Å². The van der Waals surface area contributed by atoms with Crippen molar-refractivity contribution in [2.24, 2.45) is 7.05 Å². The highest BCUT2D eigenvalue weighted by Crippen LogP contribution is 2.16. The van der Waals surface area contributed by atoms with Crippen molar-refractivity contribution >= 4 is 17.5 Å². The standard InChI is InChI=1S/C20H20ClN3O2/c1-23-12-11-22-19(23)14-26-18-9-5-16(6-10-18)20(25)24(2)13-15-3-7-17(21)8-4-15/h3-12H,13-14H2,1-2H3. The predicted molar refractivity (Wildman–Crippen MR) is 101 cm³/mol. The second-order valence-electron chi connectivity index (χ2n) is 6.06. The summed E-state index contributed by atoms with van der Waals surface area (Å²) in [6.45, 7) is 0.903. The molecule has 1 aromatic heterocycles. The maximum atomic E-state index is 12.6. The minimum Gasteiger partial charge on any atom is -0.486 e. The molecule has 5 nitrogen and oxygen atoms in total. The van der Waals surface area contributed by atoms with Crippen molar-refractivity contribution in [3.8, 4) is 5.75 Å². The number of benzene rings is 2. The van der Waals surface area contributed by atoms with Crippen LogP contribution in [0.3, 0.4) is 0 Å². The number of amides is 1. The van der Waals surface area contributed by atoms with Crippen LogP contribution in [0.2, 0.25) is 5.02 Å². The van der Waals surface area contributed by atoms with Gasteiger partial charge in [-0.3, -0.25) is 4.79 Å². The highest BCUT2D eigenvalue weighted by Gasteiger charge is 2.12. The van der Waals surface area contributed by atoms with Crippen LogP contribution < -0.4 is 4.74 Å². The summed E-state index contributed by atoms with van der Waals surface area (Å²) in [5.41, 5.74) is 1.64. The maximum absolute atomic E-state index is 12.6. The minimum atomic E-state index is -0.0457. The molecule has 0 aliphatic rings. The fraction of sp³-hybridized carbons (Fsp3) is 0.200. The zero-order valence-electron chi connectivity index (χ0n) is 14.7. The first kappa shape index (κ1) is 18.0. The molecule has 134 valence electrons. The number of carbonyl (C=O) groups is 1. The first-order chi connectivity index (χ1) is 12.5. The third-order valence-corrected chi connectivity index (χ3v) is 4.32. The van der Waals surface area contributed by atoms with Gasteiger partial charge in [0.15, 0.2) is 0 Å². The van der Waals surface area contributed by atoms with Crippen molar-refractivity contribution in [2.75, 3.05) is 7.05 Å². The fourth-order valence-electron chi connectivity index (χ4n) is 2.53. The van der Waals surface area contributed by atoms with Crippen LogP contribution in [0.5, 0.6) is 5.75 Å². The molecule has 0 radical (unpaired) electrons. The average Bonchev–Trinajstić information content (AvgIpc) is 3.06. The van der Waals surface area contributed by atoms with E-state index in [1.54, 1.807) is 42.4 Å². The Labute approximate surface area is 157 Å². The van der Waals surface area contributed by atoms with Gasteiger partial charge in [0, 0.05) is 43.6 Å². The molecule has 0 bridgehead atoms. The molecule has 1 heterocycles. The van der Waals surface area contributed by atoms with E-state index in [-0.39, 0.29) is 5.91 Å². The lowest BCUT2D eigenvalue weighted by molar-refractivity contribution is 0.0785. The van der Waals surface area contributed by atoms with Gasteiger partial charge >= 0.3 is 0 Å². The zero-order chi connectivity index (χ0) is 18.5. The van der Waals surface area contributed by atoms with Gasteiger partial charge in [-0.2, -0.15) is 0 Å². The Morgan fingerprint density at radius 1 is 1.15 bits per heavy atom. The largest absolute Gasteiger partial charge is 0.486 e. The van der Waals surface area contributed by atoms with E-state index in [0.29, 0.717) is 29.5 Å². The predicted octanol–water partition coefficient (Wildman–Crippen LogP) is 3.92. The third-order valence-electron chi connectivity index (χ3n) is 4.07. The van der Waals surface area contributed by atoms with Gasteiger partial charge in [0.05, 0.1) is 0 Å². The molecule has 0 N–H and O–H groups in total. The normalized spacial score (nSPS) is 10.6. The lowest BCUT2D eigenvalue weighted by Crippen LogP contribution is -2.26. The molecule has 0 fully saturated rings. The fourth-order valence-corrected chi connectivity index (χ4v) is 2.66. The van der Waals surface area contributed by atoms with E-state index >= 15 is 0 Å². The lowest BCUT2D eigenvalue weighted by atomic mass is 10.1. The summed E-state index contributed by atoms with van der Waals surface area (Å²) in [7, 11) is 3.70. The lowest BCUT2D eigenvalue weighted by Gasteiger charge is -2.17. The molecule has 1 amide bonds. The molecule has 0 atom stereocenters. The summed E-state index contributed by atoms with van der Waals surface area (Å²) in [5.74, 6) is 1.49. The highest BCUT2D eigenvalue weighted by molar-refractivity contribution is 6.30. The van der Waals surface area contributed by atoms with Crippen LogP contribution in [0.25, 0.3) is 0 Å². The van der Waals surface area contributed by atoms with Gasteiger partial charge in [0.1, 0.15) is 18.2 Å². The maximum Gasteiger partial charge on any atom is 0.253 e. The Morgan fingerprint density at radius 3 is 2.46 bits per heavy atom. The van der Waals surface area contributed by atoms with E-state index in [4.69, 9.17) is 16.3 Å². The van der Waals surface area contributed by atoms with Crippen LogP contribution in [0, 0.1) is 0 Å². The van der Waals surface area contributed by atoms with E-state index in [9.17, 15) is 4.79 Å². The second-order valence-corrected chi connectivity index (χ2v) is 6.49. The molecule has 3 aromatic rings. The molecule has 0 spiro atoms. The van der Waals surface area contributed by atoms with Crippen molar-refractivity contribution in [1.29, 1.82) is 0 Å². The van der Waals surface area contributed by atoms with Crippen molar-refractivity contribution < 1.29 is 9.53 Å². The molecular weight excluding hydrogens is 350 g/mol. The third kappa shape index (κ3) is 4.43. The molecule has 3 rings (SSSR count). The summed E-state index contributed by atoms with van der Waals surface area (Å²) < 4.78 is 7.62. The Morgan fingerprint density at radius 2 is 1.85 bits per heavy atom. The van der Waals surface area contributed by atoms with E-state index in [1.807, 2.05) is 42.1 Å². The van der Waals surface area contributed by atoms with Crippen LogP contribution >= 0.6 is 11.6 Å². The summed E-state index contributed by atoms with van der Waals surface area (Å²) in [6.07, 6.45) is 3.61. The first-order valence-electron chi connectivity index (χ1n) is 8.22. The zero-order valence-corrected chi connectivity index (χ0v) is 15.5. The van der Waals surface area contributed by atoms with Crippen LogP contribution in [0.4, 0.5) is 0 Å². The molecule has 0 saturated heterocycles. The topological polar surface area (TPSA) is 47.4 Å². The number of aryl methyl sites for hydroxylation is 1. The SMILES string of the molecule is CN(Cc1ccc(Cl)cc1)C(=O)c1ccc(OCc2nccn2C)cc1. The van der Waals surface area contributed by atoms with Gasteiger partial charge in [-0.05, 0) is 42.0 Å². The number of aromatic nitrogens is 2. The smallest absolute Gasteiger partial charge is 0.253 e. The van der Waals surface area contributed by atoms with Crippen molar-refractivity contribution in [3.63, 3.8) is 0 Å². The Hall–Kier alpha value is -2.79. The Bertz CT molecular complexity index is 873. The van der Waals surface area contributed by atoms with E-state index in [1.165, 1.54) is 0 Å². The second kappa shape index (κ2) is 8.06. The molecular formula is C20H20ClN3O2. The summed E-state index contributed by atoms with van der Waals surface area (Å²) in [4.78, 5) is 18.4. The quantitative estimate of drug-likeness (QED) is 0.661. The van der Waals surface area contributed by atoms with Crippen molar-refractivity contribution in [1.82, 2.24) is 14.5 Å². The minimum absolute atomic E-state index is 0.0457. The number of halogens is 1. The van der Waals surface area contributed by atoms with E-state index in [2.05, 4.69) is 4.98 Å². The number of ether oxygens (including phenoxy) is 1. The summed E-state index contributed by atoms with van der Waals surface area (Å²) in [6, 6.07) is 14.6.